The first-order chi connectivity index (χ1) is 25.2. The molecule has 4 N–H and O–H groups in total. The lowest BCUT2D eigenvalue weighted by Gasteiger charge is -2.22. The van der Waals surface area contributed by atoms with Crippen LogP contribution in [0.2, 0.25) is 0 Å². The van der Waals surface area contributed by atoms with Crippen molar-refractivity contribution in [2.45, 2.75) is 0 Å². The molecule has 0 radical (unpaired) electrons. The van der Waals surface area contributed by atoms with E-state index in [1.807, 2.05) is 36.4 Å². The highest BCUT2D eigenvalue weighted by Crippen LogP contribution is 2.49. The molecular formula is C44H26O8. The Bertz CT molecular complexity index is 2440. The van der Waals surface area contributed by atoms with Gasteiger partial charge in [0.15, 0.2) is 25.1 Å². The van der Waals surface area contributed by atoms with Crippen molar-refractivity contribution in [2.75, 3.05) is 0 Å². The van der Waals surface area contributed by atoms with Crippen LogP contribution in [0.15, 0.2) is 109 Å². The largest absolute Gasteiger partial charge is 0.507 e. The molecule has 0 aromatic heterocycles. The van der Waals surface area contributed by atoms with Crippen LogP contribution in [0, 0.1) is 0 Å². The van der Waals surface area contributed by atoms with Crippen LogP contribution in [0.5, 0.6) is 23.0 Å². The van der Waals surface area contributed by atoms with Crippen molar-refractivity contribution in [1.29, 1.82) is 0 Å². The topological polar surface area (TPSA) is 149 Å². The normalized spacial score (nSPS) is 11.3. The number of aldehydes is 4. The van der Waals surface area contributed by atoms with Gasteiger partial charge in [-0.3, -0.25) is 19.2 Å². The van der Waals surface area contributed by atoms with Crippen LogP contribution in [0.3, 0.4) is 0 Å². The molecule has 0 amide bonds. The SMILES string of the molecule is O=Cc1ccc(-c2cc(-c3ccc(C=O)c(O)c3)c3ccc4c(-c5ccc(C=O)c(O)c5)cc(-c5ccc(C=O)c(O)c5)c5ccc2c3c54)cc1O. The summed E-state index contributed by atoms with van der Waals surface area (Å²) in [6.07, 6.45) is 2.31. The molecule has 52 heavy (non-hydrogen) atoms. The molecule has 0 saturated carbocycles. The van der Waals surface area contributed by atoms with E-state index in [4.69, 9.17) is 0 Å². The number of hydrogen-bond donors (Lipinski definition) is 4. The molecule has 0 saturated heterocycles. The number of hydrogen-bond acceptors (Lipinski definition) is 8. The molecule has 0 heterocycles. The number of benzene rings is 8. The summed E-state index contributed by atoms with van der Waals surface area (Å²) in [5, 5.41) is 47.8. The highest BCUT2D eigenvalue weighted by molar-refractivity contribution is 6.32. The first-order valence-electron chi connectivity index (χ1n) is 16.2. The second-order valence-electron chi connectivity index (χ2n) is 12.6. The summed E-state index contributed by atoms with van der Waals surface area (Å²) in [5.74, 6) is -0.743. The van der Waals surface area contributed by atoms with Gasteiger partial charge in [-0.2, -0.15) is 0 Å². The zero-order valence-electron chi connectivity index (χ0n) is 27.1. The van der Waals surface area contributed by atoms with E-state index in [1.165, 1.54) is 24.3 Å². The number of aromatic hydroxyl groups is 4. The number of carbonyl (C=O) groups is 4. The van der Waals surface area contributed by atoms with Gasteiger partial charge in [-0.15, -0.1) is 0 Å². The molecule has 0 spiro atoms. The lowest BCUT2D eigenvalue weighted by Crippen LogP contribution is -1.95. The van der Waals surface area contributed by atoms with Crippen LogP contribution in [-0.4, -0.2) is 45.6 Å². The zero-order valence-corrected chi connectivity index (χ0v) is 27.1. The van der Waals surface area contributed by atoms with Crippen molar-refractivity contribution in [3.63, 3.8) is 0 Å². The summed E-state index contributed by atoms with van der Waals surface area (Å²) in [6.45, 7) is 0. The van der Waals surface area contributed by atoms with Crippen molar-refractivity contribution < 1.29 is 39.6 Å². The van der Waals surface area contributed by atoms with E-state index in [9.17, 15) is 39.6 Å². The Morgan fingerprint density at radius 2 is 0.538 bits per heavy atom. The lowest BCUT2D eigenvalue weighted by molar-refractivity contribution is 0.111. The summed E-state index contributed by atoms with van der Waals surface area (Å²) in [6, 6.07) is 31.0. The minimum atomic E-state index is -0.186. The molecule has 0 unspecified atom stereocenters. The number of phenols is 4. The van der Waals surface area contributed by atoms with Gasteiger partial charge in [0, 0.05) is 0 Å². The minimum Gasteiger partial charge on any atom is -0.507 e. The predicted octanol–water partition coefficient (Wildman–Crippen LogP) is 9.32. The fraction of sp³-hybridized carbons (Fsp3) is 0. The predicted molar refractivity (Wildman–Crippen MR) is 200 cm³/mol. The smallest absolute Gasteiger partial charge is 0.153 e. The molecule has 8 heteroatoms. The van der Waals surface area contributed by atoms with Gasteiger partial charge in [0.1, 0.15) is 23.0 Å². The van der Waals surface area contributed by atoms with E-state index in [-0.39, 0.29) is 45.3 Å². The standard InChI is InChI=1S/C44H26O8/c45-19-27-5-1-23(13-39(27)49)35-17-36(24-2-6-28(20-46)40(50)14-24)32-11-12-34-38(26-4-8-30(22-48)42(52)16-26)18-37(25-3-7-29(21-47)41(51)15-25)33-10-9-31(35)43(32)44(33)34/h1-22,49-52H. The van der Waals surface area contributed by atoms with Gasteiger partial charge in [0.25, 0.3) is 0 Å². The Morgan fingerprint density at radius 1 is 0.308 bits per heavy atom. The van der Waals surface area contributed by atoms with Crippen LogP contribution in [0.25, 0.3) is 76.8 Å². The fourth-order valence-corrected chi connectivity index (χ4v) is 7.19. The molecule has 0 aliphatic carbocycles. The van der Waals surface area contributed by atoms with Crippen LogP contribution < -0.4 is 0 Å². The Hall–Kier alpha value is -7.32. The van der Waals surface area contributed by atoms with E-state index < -0.39 is 0 Å². The maximum absolute atomic E-state index is 11.6. The maximum atomic E-state index is 11.6. The molecule has 0 atom stereocenters. The summed E-state index contributed by atoms with van der Waals surface area (Å²) in [7, 11) is 0. The van der Waals surface area contributed by atoms with Gasteiger partial charge in [-0.05, 0) is 137 Å². The van der Waals surface area contributed by atoms with Gasteiger partial charge in [0.2, 0.25) is 0 Å². The first kappa shape index (κ1) is 31.9. The second-order valence-corrected chi connectivity index (χ2v) is 12.6. The lowest BCUT2D eigenvalue weighted by atomic mass is 9.81. The zero-order chi connectivity index (χ0) is 36.3. The van der Waals surface area contributed by atoms with E-state index in [2.05, 4.69) is 0 Å². The highest BCUT2D eigenvalue weighted by atomic mass is 16.3. The third-order valence-electron chi connectivity index (χ3n) is 9.77. The minimum absolute atomic E-state index is 0.137. The summed E-state index contributed by atoms with van der Waals surface area (Å²) in [5.41, 5.74) is 5.93. The van der Waals surface area contributed by atoms with Crippen molar-refractivity contribution >= 4 is 57.5 Å². The Labute approximate surface area is 295 Å². The monoisotopic (exact) mass is 682 g/mol. The van der Waals surface area contributed by atoms with Crippen LogP contribution in [-0.2, 0) is 0 Å². The number of carbonyl (C=O) groups excluding carboxylic acids is 4. The van der Waals surface area contributed by atoms with Gasteiger partial charge >= 0.3 is 0 Å². The van der Waals surface area contributed by atoms with Crippen molar-refractivity contribution in [3.05, 3.63) is 131 Å². The average molecular weight is 683 g/mol. The molecule has 0 bridgehead atoms. The maximum Gasteiger partial charge on any atom is 0.153 e. The van der Waals surface area contributed by atoms with Gasteiger partial charge in [-0.1, -0.05) is 48.5 Å². The molecular weight excluding hydrogens is 656 g/mol. The number of rotatable bonds is 8. The molecule has 250 valence electrons. The van der Waals surface area contributed by atoms with E-state index in [1.54, 1.807) is 48.5 Å². The molecule has 0 aliphatic heterocycles. The summed E-state index contributed by atoms with van der Waals surface area (Å²) in [4.78, 5) is 46.3. The third-order valence-corrected chi connectivity index (χ3v) is 9.77. The Morgan fingerprint density at radius 3 is 0.731 bits per heavy atom. The second kappa shape index (κ2) is 12.2. The van der Waals surface area contributed by atoms with Gasteiger partial charge in [0.05, 0.1) is 22.3 Å². The summed E-state index contributed by atoms with van der Waals surface area (Å²) >= 11 is 0. The molecule has 8 rings (SSSR count). The van der Waals surface area contributed by atoms with E-state index in [0.717, 1.165) is 54.6 Å². The number of phenolic OH excluding ortho intramolecular Hbond substituents is 4. The molecule has 8 aromatic rings. The average Bonchev–Trinajstić information content (AvgIpc) is 3.16. The third kappa shape index (κ3) is 4.93. The summed E-state index contributed by atoms with van der Waals surface area (Å²) < 4.78 is 0. The van der Waals surface area contributed by atoms with Crippen molar-refractivity contribution in [2.24, 2.45) is 0 Å². The van der Waals surface area contributed by atoms with Crippen LogP contribution in [0.1, 0.15) is 41.4 Å². The fourth-order valence-electron chi connectivity index (χ4n) is 7.19. The molecule has 8 nitrogen and oxygen atoms in total. The molecule has 0 fully saturated rings. The van der Waals surface area contributed by atoms with Crippen molar-refractivity contribution in [3.8, 4) is 67.5 Å². The van der Waals surface area contributed by atoms with E-state index >= 15 is 0 Å². The Balaban J connectivity index is 1.56. The highest BCUT2D eigenvalue weighted by Gasteiger charge is 2.22. The Kier molecular flexibility index (Phi) is 7.50. The van der Waals surface area contributed by atoms with Crippen LogP contribution in [0.4, 0.5) is 0 Å². The van der Waals surface area contributed by atoms with Gasteiger partial charge in [-0.25, -0.2) is 0 Å². The van der Waals surface area contributed by atoms with E-state index in [0.29, 0.717) is 47.4 Å². The van der Waals surface area contributed by atoms with Crippen LogP contribution >= 0.6 is 0 Å². The van der Waals surface area contributed by atoms with Gasteiger partial charge < -0.3 is 20.4 Å². The molecule has 0 aliphatic rings. The molecule has 8 aromatic carbocycles. The van der Waals surface area contributed by atoms with Crippen molar-refractivity contribution in [1.82, 2.24) is 0 Å². The quantitative estimate of drug-likeness (QED) is 0.0915. The first-order valence-corrected chi connectivity index (χ1v) is 16.2.